The number of hydrogen-bond acceptors (Lipinski definition) is 5. The second kappa shape index (κ2) is 6.11. The van der Waals surface area contributed by atoms with Crippen LogP contribution in [0, 0.1) is 0 Å². The van der Waals surface area contributed by atoms with Crippen LogP contribution < -0.4 is 4.72 Å². The first-order chi connectivity index (χ1) is 10.5. The quantitative estimate of drug-likeness (QED) is 0.893. The van der Waals surface area contributed by atoms with Crippen molar-refractivity contribution in [3.8, 4) is 0 Å². The Labute approximate surface area is 134 Å². The summed E-state index contributed by atoms with van der Waals surface area (Å²) in [6.07, 6.45) is 3.92. The predicted molar refractivity (Wildman–Crippen MR) is 86.4 cm³/mol. The summed E-state index contributed by atoms with van der Waals surface area (Å²) in [6, 6.07) is 2.52. The Hall–Kier alpha value is -1.22. The molecule has 120 valence electrons. The topological polar surface area (TPSA) is 67.2 Å². The van der Waals surface area contributed by atoms with Crippen molar-refractivity contribution in [2.75, 3.05) is 19.6 Å². The highest BCUT2D eigenvalue weighted by Crippen LogP contribution is 2.32. The molecule has 0 radical (unpaired) electrons. The van der Waals surface area contributed by atoms with Gasteiger partial charge in [0, 0.05) is 43.8 Å². The van der Waals surface area contributed by atoms with Gasteiger partial charge in [-0.1, -0.05) is 0 Å². The fourth-order valence-electron chi connectivity index (χ4n) is 2.81. The largest absolute Gasteiger partial charge is 0.295 e. The molecule has 2 aromatic heterocycles. The maximum atomic E-state index is 12.1. The molecule has 1 aliphatic heterocycles. The van der Waals surface area contributed by atoms with Crippen molar-refractivity contribution in [1.82, 2.24) is 19.4 Å². The van der Waals surface area contributed by atoms with Gasteiger partial charge < -0.3 is 0 Å². The molecule has 2 aromatic rings. The fourth-order valence-corrected chi connectivity index (χ4v) is 4.78. The zero-order chi connectivity index (χ0) is 15.7. The maximum Gasteiger partial charge on any atom is 0.243 e. The lowest BCUT2D eigenvalue weighted by atomic mass is 10.0. The molecule has 3 heterocycles. The smallest absolute Gasteiger partial charge is 0.243 e. The minimum Gasteiger partial charge on any atom is -0.295 e. The van der Waals surface area contributed by atoms with Gasteiger partial charge in [-0.05, 0) is 30.4 Å². The molecule has 0 saturated carbocycles. The normalized spacial score (nSPS) is 19.3. The van der Waals surface area contributed by atoms with Crippen molar-refractivity contribution in [2.24, 2.45) is 7.05 Å². The molecule has 0 saturated heterocycles. The van der Waals surface area contributed by atoms with Gasteiger partial charge in [-0.15, -0.1) is 11.3 Å². The van der Waals surface area contributed by atoms with E-state index in [0.29, 0.717) is 19.1 Å². The number of sulfonamides is 1. The molecular formula is C14H20N4O2S2. The standard InChI is InChI=1S/C14H20N4O2S2/c1-11-13-4-8-21-14(13)3-6-18(11)7-5-16-22(19,20)12-9-15-17(2)10-12/h4,8-11,16H,3,5-7H2,1-2H3/t11-/m1/s1. The predicted octanol–water partition coefficient (Wildman–Crippen LogP) is 1.38. The summed E-state index contributed by atoms with van der Waals surface area (Å²) < 4.78 is 28.4. The second-order valence-corrected chi connectivity index (χ2v) is 8.28. The molecule has 0 aromatic carbocycles. The van der Waals surface area contributed by atoms with Crippen LogP contribution in [-0.4, -0.2) is 42.7 Å². The molecule has 8 heteroatoms. The molecule has 0 fully saturated rings. The molecular weight excluding hydrogens is 320 g/mol. The van der Waals surface area contributed by atoms with Gasteiger partial charge in [0.2, 0.25) is 10.0 Å². The van der Waals surface area contributed by atoms with Gasteiger partial charge in [0.25, 0.3) is 0 Å². The highest BCUT2D eigenvalue weighted by Gasteiger charge is 2.24. The van der Waals surface area contributed by atoms with Crippen molar-refractivity contribution in [2.45, 2.75) is 24.3 Å². The van der Waals surface area contributed by atoms with Crippen LogP contribution in [-0.2, 0) is 23.5 Å². The number of fused-ring (bicyclic) bond motifs is 1. The Balaban J connectivity index is 1.58. The monoisotopic (exact) mass is 340 g/mol. The van der Waals surface area contributed by atoms with Crippen LogP contribution in [0.3, 0.4) is 0 Å². The van der Waals surface area contributed by atoms with Crippen molar-refractivity contribution in [3.05, 3.63) is 34.3 Å². The number of nitrogens with zero attached hydrogens (tertiary/aromatic N) is 3. The fraction of sp³-hybridized carbons (Fsp3) is 0.500. The van der Waals surface area contributed by atoms with Crippen molar-refractivity contribution >= 4 is 21.4 Å². The molecule has 0 spiro atoms. The summed E-state index contributed by atoms with van der Waals surface area (Å²) >= 11 is 1.81. The Morgan fingerprint density at radius 1 is 1.50 bits per heavy atom. The third-order valence-corrected chi connectivity index (χ3v) is 6.50. The van der Waals surface area contributed by atoms with E-state index < -0.39 is 10.0 Å². The van der Waals surface area contributed by atoms with Crippen LogP contribution in [0.5, 0.6) is 0 Å². The Morgan fingerprint density at radius 2 is 2.32 bits per heavy atom. The molecule has 6 nitrogen and oxygen atoms in total. The SMILES string of the molecule is C[C@@H]1c2ccsc2CCN1CCNS(=O)(=O)c1cnn(C)c1. The number of nitrogens with one attached hydrogen (secondary N) is 1. The van der Waals surface area contributed by atoms with E-state index in [9.17, 15) is 8.42 Å². The Bertz CT molecular complexity index is 750. The number of aryl methyl sites for hydroxylation is 1. The first kappa shape index (κ1) is 15.7. The van der Waals surface area contributed by atoms with Crippen LogP contribution >= 0.6 is 11.3 Å². The van der Waals surface area contributed by atoms with E-state index >= 15 is 0 Å². The van der Waals surface area contributed by atoms with Crippen LogP contribution in [0.15, 0.2) is 28.7 Å². The molecule has 1 atom stereocenters. The third-order valence-electron chi connectivity index (χ3n) is 4.09. The first-order valence-electron chi connectivity index (χ1n) is 7.26. The average Bonchev–Trinajstić information content (AvgIpc) is 3.10. The number of thiophene rings is 1. The number of aromatic nitrogens is 2. The molecule has 1 aliphatic rings. The lowest BCUT2D eigenvalue weighted by Crippen LogP contribution is -2.39. The molecule has 22 heavy (non-hydrogen) atoms. The summed E-state index contributed by atoms with van der Waals surface area (Å²) in [4.78, 5) is 3.99. The van der Waals surface area contributed by atoms with Gasteiger partial charge in [0.15, 0.2) is 0 Å². The Kier molecular flexibility index (Phi) is 4.35. The Morgan fingerprint density at radius 3 is 3.05 bits per heavy atom. The van der Waals surface area contributed by atoms with Gasteiger partial charge in [0.05, 0.1) is 6.20 Å². The average molecular weight is 340 g/mol. The zero-order valence-corrected chi connectivity index (χ0v) is 14.3. The van der Waals surface area contributed by atoms with Gasteiger partial charge >= 0.3 is 0 Å². The molecule has 0 amide bonds. The maximum absolute atomic E-state index is 12.1. The van der Waals surface area contributed by atoms with Crippen LogP contribution in [0.4, 0.5) is 0 Å². The minimum absolute atomic E-state index is 0.210. The number of rotatable bonds is 5. The summed E-state index contributed by atoms with van der Waals surface area (Å²) in [7, 11) is -1.76. The third kappa shape index (κ3) is 3.10. The van der Waals surface area contributed by atoms with Crippen molar-refractivity contribution in [1.29, 1.82) is 0 Å². The van der Waals surface area contributed by atoms with Crippen molar-refractivity contribution < 1.29 is 8.42 Å². The summed E-state index contributed by atoms with van der Waals surface area (Å²) in [5, 5.41) is 6.03. The molecule has 3 rings (SSSR count). The van der Waals surface area contributed by atoms with Crippen LogP contribution in [0.1, 0.15) is 23.4 Å². The molecule has 0 aliphatic carbocycles. The second-order valence-electron chi connectivity index (χ2n) is 5.51. The van der Waals surface area contributed by atoms with E-state index in [0.717, 1.165) is 13.0 Å². The van der Waals surface area contributed by atoms with Crippen LogP contribution in [0.2, 0.25) is 0 Å². The molecule has 0 bridgehead atoms. The van der Waals surface area contributed by atoms with E-state index in [4.69, 9.17) is 0 Å². The van der Waals surface area contributed by atoms with Crippen LogP contribution in [0.25, 0.3) is 0 Å². The van der Waals surface area contributed by atoms with E-state index in [1.165, 1.54) is 27.5 Å². The van der Waals surface area contributed by atoms with Gasteiger partial charge in [-0.2, -0.15) is 5.10 Å². The zero-order valence-electron chi connectivity index (χ0n) is 12.7. The molecule has 0 unspecified atom stereocenters. The summed E-state index contributed by atoms with van der Waals surface area (Å²) in [5.41, 5.74) is 1.38. The first-order valence-corrected chi connectivity index (χ1v) is 9.62. The van der Waals surface area contributed by atoms with E-state index in [2.05, 4.69) is 33.1 Å². The lowest BCUT2D eigenvalue weighted by Gasteiger charge is -2.33. The highest BCUT2D eigenvalue weighted by atomic mass is 32.2. The summed E-state index contributed by atoms with van der Waals surface area (Å²) in [6.45, 7) is 4.26. The lowest BCUT2D eigenvalue weighted by molar-refractivity contribution is 0.204. The van der Waals surface area contributed by atoms with E-state index in [1.54, 1.807) is 7.05 Å². The van der Waals surface area contributed by atoms with Gasteiger partial charge in [0.1, 0.15) is 4.90 Å². The van der Waals surface area contributed by atoms with Gasteiger partial charge in [-0.3, -0.25) is 9.58 Å². The number of hydrogen-bond donors (Lipinski definition) is 1. The van der Waals surface area contributed by atoms with Gasteiger partial charge in [-0.25, -0.2) is 13.1 Å². The van der Waals surface area contributed by atoms with Crippen molar-refractivity contribution in [3.63, 3.8) is 0 Å². The highest BCUT2D eigenvalue weighted by molar-refractivity contribution is 7.89. The molecule has 1 N–H and O–H groups in total. The summed E-state index contributed by atoms with van der Waals surface area (Å²) in [5.74, 6) is 0. The van der Waals surface area contributed by atoms with E-state index in [-0.39, 0.29) is 4.90 Å². The minimum atomic E-state index is -3.47. The van der Waals surface area contributed by atoms with E-state index in [1.807, 2.05) is 11.3 Å².